The average molecular weight is 1060 g/mol. The molecule has 1 aliphatic rings. The minimum atomic E-state index is -4.90. The standard InChI is InChI=1S/C39H30NS.C13H16F6O2.Ir/c1-22-18-27(20-32-30-14-8-11-24-12-9-15-31(34(22)32)35(24)30)37-23(2)28-16-17-40-36(38(28)41-37)26-19-25-10-6-7-13-29(25)33(21-26)39(3,4)5;1-3-8(4-2)10(20)5-11(21)9(6-12(14,15)16)7-13(17,18)19;/h6-18,20-21H,1-5H3;3,5,9,20H,4,6-7H2,1-2H3;/q-1;;/b;8-3+,10-5-;. The van der Waals surface area contributed by atoms with Crippen molar-refractivity contribution in [2.24, 2.45) is 5.92 Å². The Morgan fingerprint density at radius 1 is 0.841 bits per heavy atom. The molecule has 2 heterocycles. The molecule has 0 atom stereocenters. The minimum absolute atomic E-state index is 0. The van der Waals surface area contributed by atoms with Gasteiger partial charge >= 0.3 is 12.4 Å². The number of pyridine rings is 1. The summed E-state index contributed by atoms with van der Waals surface area (Å²) in [7, 11) is 0. The largest absolute Gasteiger partial charge is 0.508 e. The van der Waals surface area contributed by atoms with Gasteiger partial charge < -0.3 is 5.11 Å². The summed E-state index contributed by atoms with van der Waals surface area (Å²) in [5.74, 6) is -4.29. The van der Waals surface area contributed by atoms with Crippen LogP contribution < -0.4 is 0 Å². The molecule has 5 aromatic carbocycles. The summed E-state index contributed by atoms with van der Waals surface area (Å²) in [6.07, 6.45) is -9.46. The molecule has 2 aromatic heterocycles. The Bertz CT molecular complexity index is 2910. The fraction of sp³-hybridized carbons (Fsp3) is 0.269. The molecule has 329 valence electrons. The average Bonchev–Trinajstić information content (AvgIpc) is 3.72. The summed E-state index contributed by atoms with van der Waals surface area (Å²) in [6.45, 7) is 14.5. The van der Waals surface area contributed by atoms with E-state index in [1.54, 1.807) is 6.92 Å². The predicted octanol–water partition coefficient (Wildman–Crippen LogP) is 16.2. The van der Waals surface area contributed by atoms with E-state index >= 15 is 0 Å². The molecular weight excluding hydrogens is 1010 g/mol. The monoisotopic (exact) mass is 1060 g/mol. The van der Waals surface area contributed by atoms with Crippen LogP contribution in [0.4, 0.5) is 26.3 Å². The van der Waals surface area contributed by atoms with Gasteiger partial charge in [0.1, 0.15) is 5.76 Å². The first-order valence-corrected chi connectivity index (χ1v) is 21.3. The number of hydrogen-bond acceptors (Lipinski definition) is 4. The summed E-state index contributed by atoms with van der Waals surface area (Å²) in [4.78, 5) is 17.9. The minimum Gasteiger partial charge on any atom is -0.508 e. The van der Waals surface area contributed by atoms with Gasteiger partial charge in [-0.25, -0.2) is 0 Å². The Labute approximate surface area is 380 Å². The number of aromatic nitrogens is 1. The number of hydrogen-bond donors (Lipinski definition) is 1. The number of thiophene rings is 1. The van der Waals surface area contributed by atoms with Gasteiger partial charge in [-0.2, -0.15) is 26.3 Å². The topological polar surface area (TPSA) is 50.2 Å². The van der Waals surface area contributed by atoms with Gasteiger partial charge in [0.25, 0.3) is 0 Å². The zero-order valence-corrected chi connectivity index (χ0v) is 39.0. The van der Waals surface area contributed by atoms with E-state index in [1.807, 2.05) is 17.5 Å². The normalized spacial score (nSPS) is 13.0. The van der Waals surface area contributed by atoms with Crippen LogP contribution in [-0.4, -0.2) is 28.2 Å². The van der Waals surface area contributed by atoms with Gasteiger partial charge in [0.2, 0.25) is 0 Å². The Hall–Kier alpha value is -5.09. The molecule has 0 fully saturated rings. The summed E-state index contributed by atoms with van der Waals surface area (Å²) >= 11 is 1.87. The number of rotatable bonds is 8. The summed E-state index contributed by atoms with van der Waals surface area (Å²) in [5, 5.41) is 15.9. The van der Waals surface area contributed by atoms with Crippen molar-refractivity contribution in [2.75, 3.05) is 0 Å². The van der Waals surface area contributed by atoms with Crippen molar-refractivity contribution in [3.05, 3.63) is 137 Å². The molecule has 63 heavy (non-hydrogen) atoms. The second kappa shape index (κ2) is 18.2. The number of aliphatic hydroxyl groups is 1. The Balaban J connectivity index is 0.000000258. The number of halogens is 6. The van der Waals surface area contributed by atoms with Crippen LogP contribution in [0.2, 0.25) is 0 Å². The Kier molecular flexibility index (Phi) is 13.7. The fourth-order valence-corrected chi connectivity index (χ4v) is 9.86. The summed E-state index contributed by atoms with van der Waals surface area (Å²) < 4.78 is 74.8. The number of ketones is 1. The SMILES string of the molecule is C/C=C(CC)/C(O)=C/C(=O)C(CC(F)(F)F)CC(F)(F)F.Cc1cc(-c2sc3c(-c4[c-]c5ccccc5c(C(C)(C)C)c4)nccc3c2C)cc2c1-c1cccc3cccc-2c13.[Ir]. The molecule has 0 spiro atoms. The summed E-state index contributed by atoms with van der Waals surface area (Å²) in [5.41, 5.74) is 13.1. The number of alkyl halides is 6. The number of allylic oxidation sites excluding steroid dienone is 3. The van der Waals surface area contributed by atoms with Crippen LogP contribution in [0.1, 0.15) is 70.6 Å². The fourth-order valence-electron chi connectivity index (χ4n) is 8.57. The van der Waals surface area contributed by atoms with Gasteiger partial charge in [0.15, 0.2) is 5.78 Å². The van der Waals surface area contributed by atoms with Gasteiger partial charge in [-0.05, 0) is 111 Å². The molecule has 1 radical (unpaired) electrons. The molecule has 0 saturated carbocycles. The molecule has 1 N–H and O–H groups in total. The summed E-state index contributed by atoms with van der Waals surface area (Å²) in [6, 6.07) is 35.0. The molecule has 7 aromatic rings. The van der Waals surface area contributed by atoms with Crippen LogP contribution in [0, 0.1) is 25.8 Å². The first-order chi connectivity index (χ1) is 29.2. The maximum absolute atomic E-state index is 12.3. The van der Waals surface area contributed by atoms with E-state index in [0.29, 0.717) is 6.08 Å². The van der Waals surface area contributed by atoms with Gasteiger partial charge in [-0.3, -0.25) is 9.78 Å². The number of benzene rings is 5. The van der Waals surface area contributed by atoms with Crippen molar-refractivity contribution in [3.8, 4) is 44.0 Å². The van der Waals surface area contributed by atoms with E-state index in [-0.39, 0.29) is 37.5 Å². The third-order valence-corrected chi connectivity index (χ3v) is 12.8. The van der Waals surface area contributed by atoms with Gasteiger partial charge in [0, 0.05) is 53.6 Å². The van der Waals surface area contributed by atoms with Crippen LogP contribution in [0.15, 0.2) is 115 Å². The van der Waals surface area contributed by atoms with E-state index in [9.17, 15) is 36.2 Å². The molecule has 0 unspecified atom stereocenters. The number of nitrogens with zero attached hydrogens (tertiary/aromatic N) is 1. The van der Waals surface area contributed by atoms with E-state index in [4.69, 9.17) is 4.98 Å². The van der Waals surface area contributed by atoms with Crippen molar-refractivity contribution in [1.82, 2.24) is 4.98 Å². The molecule has 8 rings (SSSR count). The maximum atomic E-state index is 12.3. The third kappa shape index (κ3) is 9.86. The van der Waals surface area contributed by atoms with Crippen LogP contribution in [0.5, 0.6) is 0 Å². The number of aryl methyl sites for hydroxylation is 2. The van der Waals surface area contributed by atoms with Crippen molar-refractivity contribution in [2.45, 2.75) is 85.5 Å². The Morgan fingerprint density at radius 3 is 2.11 bits per heavy atom. The van der Waals surface area contributed by atoms with Gasteiger partial charge in [-0.1, -0.05) is 99.3 Å². The molecule has 0 bridgehead atoms. The zero-order valence-electron chi connectivity index (χ0n) is 35.8. The van der Waals surface area contributed by atoms with E-state index < -0.39 is 42.7 Å². The first kappa shape index (κ1) is 47.4. The second-order valence-corrected chi connectivity index (χ2v) is 17.9. The quantitative estimate of drug-likeness (QED) is 0.0542. The van der Waals surface area contributed by atoms with E-state index in [2.05, 4.69) is 126 Å². The van der Waals surface area contributed by atoms with Crippen LogP contribution in [0.25, 0.3) is 75.6 Å². The van der Waals surface area contributed by atoms with Crippen molar-refractivity contribution < 1.29 is 56.3 Å². The molecule has 11 heteroatoms. The van der Waals surface area contributed by atoms with Gasteiger partial charge in [0.05, 0.1) is 12.8 Å². The predicted molar refractivity (Wildman–Crippen MR) is 242 cm³/mol. The van der Waals surface area contributed by atoms with E-state index in [0.717, 1.165) is 16.6 Å². The van der Waals surface area contributed by atoms with Gasteiger partial charge in [-0.15, -0.1) is 40.5 Å². The molecular formula is C52H46F6IrNO2S-. The number of carbonyl (C=O) groups excluding carboxylic acids is 1. The van der Waals surface area contributed by atoms with Crippen molar-refractivity contribution >= 4 is 48.8 Å². The second-order valence-electron chi connectivity index (χ2n) is 16.8. The maximum Gasteiger partial charge on any atom is 0.389 e. The zero-order chi connectivity index (χ0) is 44.9. The molecule has 0 amide bonds. The molecule has 1 aliphatic carbocycles. The van der Waals surface area contributed by atoms with Crippen LogP contribution in [0.3, 0.4) is 0 Å². The molecule has 3 nitrogen and oxygen atoms in total. The van der Waals surface area contributed by atoms with Crippen molar-refractivity contribution in [1.29, 1.82) is 0 Å². The molecule has 0 aliphatic heterocycles. The molecule has 0 saturated heterocycles. The number of aliphatic hydroxyl groups excluding tert-OH is 1. The number of fused-ring (bicyclic) bond motifs is 5. The first-order valence-electron chi connectivity index (χ1n) is 20.4. The smallest absolute Gasteiger partial charge is 0.389 e. The van der Waals surface area contributed by atoms with E-state index in [1.165, 1.54) is 88.6 Å². The van der Waals surface area contributed by atoms with Crippen molar-refractivity contribution in [3.63, 3.8) is 0 Å². The van der Waals surface area contributed by atoms with Crippen LogP contribution in [-0.2, 0) is 30.3 Å². The third-order valence-electron chi connectivity index (χ3n) is 11.4. The number of carbonyl (C=O) groups is 1. The van der Waals surface area contributed by atoms with Crippen LogP contribution >= 0.6 is 11.3 Å². The Morgan fingerprint density at radius 2 is 1.49 bits per heavy atom.